The molecule has 33 heteroatoms. The molecule has 18 rings (SSSR count). The number of carbonyl (C=O) groups is 1. The van der Waals surface area contributed by atoms with Crippen LogP contribution in [0.1, 0.15) is 119 Å². The minimum Gasteiger partial charge on any atom is -0.444 e. The van der Waals surface area contributed by atoms with E-state index in [1.807, 2.05) is 174 Å². The molecule has 0 N–H and O–H groups in total. The van der Waals surface area contributed by atoms with Crippen molar-refractivity contribution in [3.8, 4) is 67.2 Å². The van der Waals surface area contributed by atoms with Crippen molar-refractivity contribution in [2.75, 3.05) is 38.7 Å². The molecular weight excluding hydrogens is 1590 g/mol. The first-order chi connectivity index (χ1) is 56.3. The molecule has 29 nitrogen and oxygen atoms in total. The maximum absolute atomic E-state index is 13.6. The zero-order valence-electron chi connectivity index (χ0n) is 68.9. The van der Waals surface area contributed by atoms with E-state index in [0.29, 0.717) is 33.0 Å². The van der Waals surface area contributed by atoms with Crippen molar-refractivity contribution in [3.63, 3.8) is 0 Å². The SMILES string of the molecule is C.CS(=O)(=O)Cl.Cl.Cn1cc(-c2ccc(-c3ccc4ncc5c(c4c3)n(C3CCCCC3)c(=O)n5C)cn2)cn1.Cn1cc(-c2ccc(-c3ccc4ncc5c(c4c3)n([C@@H]3CCCN(C(=O)OC(C)(C)C)C3)c(=O)n5C)cn2)cn1.Cn1cc(-c2ccc(-c3ccc4ncc5c(c4c3)n([C@@H]3CCCN(S(C)(=O)=O)C3)c(=O)n5C)cn2)cn1.[2H]CC. The number of aryl methyl sites for hydroxylation is 6. The van der Waals surface area contributed by atoms with Gasteiger partial charge in [-0.25, -0.2) is 40.3 Å². The molecule has 1 amide bonds. The highest BCUT2D eigenvalue weighted by molar-refractivity contribution is 8.13. The number of rotatable bonds is 10. The molecule has 3 aromatic carbocycles. The zero-order valence-corrected chi connectivity index (χ0v) is 71.1. The summed E-state index contributed by atoms with van der Waals surface area (Å²) in [5.74, 6) is 0. The molecule has 14 heterocycles. The van der Waals surface area contributed by atoms with Crippen LogP contribution in [0.25, 0.3) is 133 Å². The number of nitrogens with zero attached hydrogens (tertiary/aromatic N) is 20. The molecule has 2 aliphatic heterocycles. The molecule has 119 heavy (non-hydrogen) atoms. The molecule has 2 atom stereocenters. The second kappa shape index (κ2) is 35.6. The zero-order chi connectivity index (χ0) is 83.8. The van der Waals surface area contributed by atoms with Gasteiger partial charge in [-0.3, -0.25) is 71.4 Å². The largest absolute Gasteiger partial charge is 0.444 e. The number of fused-ring (bicyclic) bond motifs is 9. The Morgan fingerprint density at radius 3 is 1.10 bits per heavy atom. The molecule has 3 fully saturated rings. The van der Waals surface area contributed by atoms with Crippen LogP contribution in [0, 0.1) is 0 Å². The van der Waals surface area contributed by atoms with Gasteiger partial charge in [0.15, 0.2) is 0 Å². The van der Waals surface area contributed by atoms with Crippen molar-refractivity contribution in [3.05, 3.63) is 197 Å². The summed E-state index contributed by atoms with van der Waals surface area (Å²) in [6.07, 6.45) is 32.7. The van der Waals surface area contributed by atoms with E-state index in [4.69, 9.17) is 6.11 Å². The molecule has 15 aromatic rings. The van der Waals surface area contributed by atoms with Gasteiger partial charge < -0.3 is 9.64 Å². The van der Waals surface area contributed by atoms with Crippen LogP contribution in [0.3, 0.4) is 0 Å². The Kier molecular flexibility index (Phi) is 25.5. The van der Waals surface area contributed by atoms with Gasteiger partial charge in [0.1, 0.15) is 5.60 Å². The molecule has 1 aliphatic carbocycles. The van der Waals surface area contributed by atoms with Crippen LogP contribution in [0.15, 0.2) is 180 Å². The monoisotopic (exact) mass is 1690 g/mol. The summed E-state index contributed by atoms with van der Waals surface area (Å²) in [6.45, 7) is 9.65. The molecule has 624 valence electrons. The number of aromatic nitrogens is 18. The quantitative estimate of drug-likeness (QED) is 0.115. The van der Waals surface area contributed by atoms with E-state index in [9.17, 15) is 36.0 Å². The first-order valence-corrected chi connectivity index (χ1v) is 43.3. The number of imidazole rings is 3. The summed E-state index contributed by atoms with van der Waals surface area (Å²) in [5.41, 5.74) is 18.1. The summed E-state index contributed by atoms with van der Waals surface area (Å²) in [7, 11) is 8.97. The van der Waals surface area contributed by atoms with Crippen LogP contribution >= 0.6 is 23.1 Å². The molecule has 0 spiro atoms. The number of ether oxygens (including phenoxy) is 1. The lowest BCUT2D eigenvalue weighted by molar-refractivity contribution is 0.0172. The summed E-state index contributed by atoms with van der Waals surface area (Å²) in [4.78, 5) is 82.8. The Bertz CT molecular complexity index is 6690. The Labute approximate surface area is 701 Å². The van der Waals surface area contributed by atoms with Crippen molar-refractivity contribution in [1.82, 2.24) is 95.9 Å². The minimum absolute atomic E-state index is 0. The van der Waals surface area contributed by atoms with E-state index in [0.717, 1.165) is 171 Å². The van der Waals surface area contributed by atoms with E-state index >= 15 is 0 Å². The van der Waals surface area contributed by atoms with Crippen LogP contribution in [-0.2, 0) is 66.1 Å². The van der Waals surface area contributed by atoms with E-state index in [-0.39, 0.29) is 67.7 Å². The summed E-state index contributed by atoms with van der Waals surface area (Å²) >= 11 is 0. The minimum atomic E-state index is -3.35. The molecular formula is C86H100Cl2N20O9S2. The van der Waals surface area contributed by atoms with Crippen LogP contribution in [-0.4, -0.2) is 163 Å². The van der Waals surface area contributed by atoms with Gasteiger partial charge in [-0.05, 0) is 131 Å². The number of hydrogen-bond donors (Lipinski definition) is 0. The van der Waals surface area contributed by atoms with Gasteiger partial charge in [-0.15, -0.1) is 12.4 Å². The Hall–Kier alpha value is -11.5. The number of benzene rings is 3. The van der Waals surface area contributed by atoms with Gasteiger partial charge >= 0.3 is 23.2 Å². The molecule has 12 aromatic heterocycles. The number of pyridine rings is 6. The highest BCUT2D eigenvalue weighted by Gasteiger charge is 2.34. The molecule has 0 bridgehead atoms. The van der Waals surface area contributed by atoms with E-state index in [2.05, 4.69) is 80.1 Å². The van der Waals surface area contributed by atoms with E-state index < -0.39 is 24.7 Å². The normalized spacial score (nSPS) is 15.5. The van der Waals surface area contributed by atoms with Crippen LogP contribution < -0.4 is 17.1 Å². The fourth-order valence-corrected chi connectivity index (χ4v) is 16.8. The number of halogens is 2. The van der Waals surface area contributed by atoms with Crippen molar-refractivity contribution >= 4 is 114 Å². The number of likely N-dealkylation sites (tertiary alicyclic amines) is 1. The summed E-state index contributed by atoms with van der Waals surface area (Å²) in [5, 5.41) is 15.4. The maximum Gasteiger partial charge on any atom is 0.410 e. The predicted molar refractivity (Wildman–Crippen MR) is 473 cm³/mol. The van der Waals surface area contributed by atoms with Crippen LogP contribution in [0.2, 0.25) is 0 Å². The van der Waals surface area contributed by atoms with Gasteiger partial charge in [-0.1, -0.05) is 76.9 Å². The molecule has 1 saturated carbocycles. The van der Waals surface area contributed by atoms with Gasteiger partial charge in [0, 0.05) is 173 Å². The maximum atomic E-state index is 13.6. The first kappa shape index (κ1) is 85.4. The third-order valence-electron chi connectivity index (χ3n) is 21.6. The Morgan fingerprint density at radius 2 is 0.782 bits per heavy atom. The van der Waals surface area contributed by atoms with Crippen LogP contribution in [0.4, 0.5) is 4.79 Å². The molecule has 0 radical (unpaired) electrons. The van der Waals surface area contributed by atoms with Crippen molar-refractivity contribution < 1.29 is 27.7 Å². The Balaban J connectivity index is 0.000000157. The van der Waals surface area contributed by atoms with Crippen LogP contribution in [0.5, 0.6) is 0 Å². The summed E-state index contributed by atoms with van der Waals surface area (Å²) in [6, 6.07) is 30.3. The smallest absolute Gasteiger partial charge is 0.410 e. The lowest BCUT2D eigenvalue weighted by Crippen LogP contribution is -2.45. The van der Waals surface area contributed by atoms with Crippen molar-refractivity contribution in [1.29, 1.82) is 0 Å². The second-order valence-electron chi connectivity index (χ2n) is 30.9. The first-order valence-electron chi connectivity index (χ1n) is 39.5. The molecule has 3 aliphatic rings. The average molecular weight is 1690 g/mol. The number of piperidine rings is 2. The number of sulfonamides is 1. The number of amides is 1. The van der Waals surface area contributed by atoms with Gasteiger partial charge in [0.25, 0.3) is 0 Å². The third kappa shape index (κ3) is 18.5. The molecule has 2 saturated heterocycles. The van der Waals surface area contributed by atoms with Crippen molar-refractivity contribution in [2.45, 2.75) is 124 Å². The topological polar surface area (TPSA) is 313 Å². The second-order valence-corrected chi connectivity index (χ2v) is 36.0. The molecule has 0 unspecified atom stereocenters. The third-order valence-corrected chi connectivity index (χ3v) is 22.9. The highest BCUT2D eigenvalue weighted by atomic mass is 35.7. The van der Waals surface area contributed by atoms with Gasteiger partial charge in [0.05, 0.1) is 129 Å². The van der Waals surface area contributed by atoms with Gasteiger partial charge in [-0.2, -0.15) is 15.3 Å². The summed E-state index contributed by atoms with van der Waals surface area (Å²) < 4.78 is 72.5. The van der Waals surface area contributed by atoms with Gasteiger partial charge in [0.2, 0.25) is 19.1 Å². The number of carbonyl (C=O) groups excluding carboxylic acids is 1. The fourth-order valence-electron chi connectivity index (χ4n) is 15.9. The van der Waals surface area contributed by atoms with Crippen molar-refractivity contribution in [2.24, 2.45) is 42.3 Å². The Morgan fingerprint density at radius 1 is 0.454 bits per heavy atom. The fraction of sp³-hybridized carbons (Fsp3) is 0.360. The highest BCUT2D eigenvalue weighted by Crippen LogP contribution is 2.38. The lowest BCUT2D eigenvalue weighted by Gasteiger charge is -2.34. The van der Waals surface area contributed by atoms with E-state index in [1.165, 1.54) is 29.8 Å². The van der Waals surface area contributed by atoms with E-state index in [1.54, 1.807) is 83.0 Å². The average Bonchev–Trinajstić information content (AvgIpc) is 1.60. The predicted octanol–water partition coefficient (Wildman–Crippen LogP) is 15.0. The number of hydrogen-bond acceptors (Lipinski definition) is 18. The lowest BCUT2D eigenvalue weighted by atomic mass is 9.95. The standard InChI is InChI=1S/C30H33N7O3.C26H27N7O3S.C26H26N6O.C2H6.CH3ClO2S.CH4.ClH/c1-30(2,3)40-29(39)36-12-6-7-22(18-36)37-27-23-13-19(8-11-25(23)32-16-26(27)35(5)28(37)38)20-9-10-24(31-14-20)21-15-33-34(4)17-21;1-30-15-19(13-29-30)22-8-7-18(12-27-22)17-6-9-23-21(11-17)25-24(14-28-23)31(2)26(34)33(25)20-5-4-10-32(16-20)37(3,35)36;1-30-16-19(14-29-30)22-10-9-18(13-27-22)17-8-11-23-21(12-17)25-24(15-28-23)31(2)26(33)32(25)20-6-4-3-5-7-20;1-2;1-5(2,3)4;;/h8-11,13-17,22H,6-7,12,18H2,1-5H3;6-9,11-15,20H,4-5,10,16H2,1-3H3;8-16,20H,3-7H2,1-2H3;1-2H3;1H3;1H4;1H/t22-;20-;;;;;/m11...../s1/i;;;1D;;;.